The van der Waals surface area contributed by atoms with Gasteiger partial charge >= 0.3 is 37.2 Å². The smallest absolute Gasteiger partial charge is 0.547 e. The van der Waals surface area contributed by atoms with E-state index >= 15 is 0 Å². The topological polar surface area (TPSA) is 182 Å². The van der Waals surface area contributed by atoms with Gasteiger partial charge in [-0.15, -0.1) is 0 Å². The maximum absolute atomic E-state index is 10.6. The SMILES string of the molecule is CN(C(=N)N)C(C(=O)[O-])P(=O)(O)O.O.[Na+]. The van der Waals surface area contributed by atoms with Crippen LogP contribution in [0.1, 0.15) is 0 Å². The van der Waals surface area contributed by atoms with E-state index < -0.39 is 25.3 Å². The molecule has 0 aromatic rings. The summed E-state index contributed by atoms with van der Waals surface area (Å²) in [4.78, 5) is 27.8. The molecule has 84 valence electrons. The number of hydrogen-bond donors (Lipinski definition) is 4. The monoisotopic (exact) mass is 251 g/mol. The molecule has 0 aliphatic rings. The normalized spacial score (nSPS) is 11.7. The molecule has 0 rings (SSSR count). The Morgan fingerprint density at radius 1 is 1.60 bits per heavy atom. The third-order valence-corrected chi connectivity index (χ3v) is 2.47. The second kappa shape index (κ2) is 7.18. The number of carboxylic acid groups (broad SMARTS) is 1. The van der Waals surface area contributed by atoms with Crippen LogP contribution in [0.3, 0.4) is 0 Å². The zero-order valence-corrected chi connectivity index (χ0v) is 11.1. The minimum absolute atomic E-state index is 0. The number of rotatable bonds is 3. The molecule has 0 aromatic heterocycles. The standard InChI is InChI=1S/C4H10N3O5P.Na.H2O/c1-7(4(5)6)2(3(8)9)13(10,11)12;;/h2H,1H3,(H3,5,6)(H,8,9)(H2,10,11,12);;1H2/q;+1;/p-1. The zero-order chi connectivity index (χ0) is 10.8. The van der Waals surface area contributed by atoms with Gasteiger partial charge in [-0.05, 0) is 0 Å². The first-order valence-corrected chi connectivity index (χ1v) is 4.69. The van der Waals surface area contributed by atoms with E-state index in [9.17, 15) is 14.5 Å². The van der Waals surface area contributed by atoms with Crippen molar-refractivity contribution in [2.75, 3.05) is 7.05 Å². The maximum Gasteiger partial charge on any atom is 1.00 e. The molecule has 0 bridgehead atoms. The van der Waals surface area contributed by atoms with Crippen molar-refractivity contribution in [1.82, 2.24) is 4.90 Å². The third-order valence-electron chi connectivity index (χ3n) is 1.28. The number of carboxylic acids is 1. The first-order valence-electron chi connectivity index (χ1n) is 3.01. The fourth-order valence-corrected chi connectivity index (χ4v) is 1.50. The summed E-state index contributed by atoms with van der Waals surface area (Å²) in [7, 11) is -3.92. The second-order valence-electron chi connectivity index (χ2n) is 2.28. The quantitative estimate of drug-likeness (QED) is 0.166. The van der Waals surface area contributed by atoms with Crippen molar-refractivity contribution in [3.05, 3.63) is 0 Å². The summed E-state index contributed by atoms with van der Waals surface area (Å²) in [6.45, 7) is 0. The van der Waals surface area contributed by atoms with E-state index in [0.717, 1.165) is 7.05 Å². The van der Waals surface area contributed by atoms with Gasteiger partial charge in [0.15, 0.2) is 11.7 Å². The molecule has 0 aromatic carbocycles. The van der Waals surface area contributed by atoms with Gasteiger partial charge in [0.1, 0.15) is 0 Å². The number of nitrogens with one attached hydrogen (secondary N) is 1. The molecule has 0 spiro atoms. The minimum Gasteiger partial charge on any atom is -0.547 e. The summed E-state index contributed by atoms with van der Waals surface area (Å²) < 4.78 is 10.6. The van der Waals surface area contributed by atoms with Crippen LogP contribution in [0.2, 0.25) is 0 Å². The first-order chi connectivity index (χ1) is 5.68. The molecule has 0 radical (unpaired) electrons. The van der Waals surface area contributed by atoms with Gasteiger partial charge in [0.05, 0.1) is 5.97 Å². The van der Waals surface area contributed by atoms with Crippen molar-refractivity contribution < 1.29 is 59.3 Å². The van der Waals surface area contributed by atoms with Crippen LogP contribution in [-0.4, -0.2) is 44.9 Å². The summed E-state index contributed by atoms with van der Waals surface area (Å²) in [5.74, 6) is -4.96. The van der Waals surface area contributed by atoms with Crippen molar-refractivity contribution >= 4 is 19.5 Å². The second-order valence-corrected chi connectivity index (χ2v) is 3.95. The van der Waals surface area contributed by atoms with Crippen LogP contribution < -0.4 is 40.4 Å². The van der Waals surface area contributed by atoms with Gasteiger partial charge in [0.25, 0.3) is 0 Å². The Balaban J connectivity index is -0.000000720. The molecule has 1 unspecified atom stereocenters. The van der Waals surface area contributed by atoms with Crippen LogP contribution in [-0.2, 0) is 9.36 Å². The fraction of sp³-hybridized carbons (Fsp3) is 0.500. The van der Waals surface area contributed by atoms with Crippen LogP contribution in [0.5, 0.6) is 0 Å². The Morgan fingerprint density at radius 2 is 1.93 bits per heavy atom. The number of guanidine groups is 1. The van der Waals surface area contributed by atoms with Gasteiger partial charge in [0, 0.05) is 7.05 Å². The maximum atomic E-state index is 10.6. The number of nitrogens with two attached hydrogens (primary N) is 1. The molecule has 15 heavy (non-hydrogen) atoms. The molecule has 0 aliphatic carbocycles. The largest absolute Gasteiger partial charge is 1.00 e. The molecule has 7 N–H and O–H groups in total. The number of hydrogen-bond acceptors (Lipinski definition) is 4. The number of carbonyl (C=O) groups excluding carboxylic acids is 1. The zero-order valence-electron chi connectivity index (χ0n) is 8.17. The van der Waals surface area contributed by atoms with E-state index in [1.54, 1.807) is 0 Å². The Bertz CT molecular complexity index is 280. The molecule has 11 heteroatoms. The summed E-state index contributed by atoms with van der Waals surface area (Å²) in [6.07, 6.45) is 0. The molecular formula is C4H11N3NaO6P. The van der Waals surface area contributed by atoms with Crippen LogP contribution >= 0.6 is 7.60 Å². The predicted molar refractivity (Wildman–Crippen MR) is 44.1 cm³/mol. The molecular weight excluding hydrogens is 240 g/mol. The number of carbonyl (C=O) groups is 1. The van der Waals surface area contributed by atoms with E-state index in [1.165, 1.54) is 0 Å². The summed E-state index contributed by atoms with van der Waals surface area (Å²) in [6, 6.07) is 0. The van der Waals surface area contributed by atoms with Gasteiger partial charge in [-0.1, -0.05) is 0 Å². The Hall–Kier alpha value is -0.150. The van der Waals surface area contributed by atoms with Crippen molar-refractivity contribution in [1.29, 1.82) is 5.41 Å². The summed E-state index contributed by atoms with van der Waals surface area (Å²) in [5, 5.41) is 17.1. The first kappa shape index (κ1) is 20.3. The molecule has 0 saturated heterocycles. The van der Waals surface area contributed by atoms with E-state index in [0.29, 0.717) is 4.90 Å². The summed E-state index contributed by atoms with van der Waals surface area (Å²) >= 11 is 0. The number of likely N-dealkylation sites (N-methyl/N-ethyl adjacent to an activating group) is 1. The Morgan fingerprint density at radius 3 is 2.00 bits per heavy atom. The third kappa shape index (κ3) is 6.10. The number of nitrogens with zero attached hydrogens (tertiary/aromatic N) is 1. The van der Waals surface area contributed by atoms with Crippen LogP contribution in [0.25, 0.3) is 0 Å². The summed E-state index contributed by atoms with van der Waals surface area (Å²) in [5.41, 5.74) is 4.85. The average Bonchev–Trinajstić information content (AvgIpc) is 1.82. The molecule has 9 nitrogen and oxygen atoms in total. The van der Waals surface area contributed by atoms with Crippen LogP contribution in [0.4, 0.5) is 0 Å². The van der Waals surface area contributed by atoms with Gasteiger partial charge < -0.3 is 35.8 Å². The minimum atomic E-state index is -4.90. The molecule has 0 aliphatic heterocycles. The van der Waals surface area contributed by atoms with E-state index in [1.807, 2.05) is 0 Å². The predicted octanol–water partition coefficient (Wildman–Crippen LogP) is -6.76. The van der Waals surface area contributed by atoms with Gasteiger partial charge in [0.2, 0.25) is 0 Å². The van der Waals surface area contributed by atoms with Crippen LogP contribution in [0, 0.1) is 5.41 Å². The van der Waals surface area contributed by atoms with Crippen molar-refractivity contribution in [3.8, 4) is 0 Å². The number of aliphatic carboxylic acids is 1. The van der Waals surface area contributed by atoms with E-state index in [-0.39, 0.29) is 35.0 Å². The molecule has 0 amide bonds. The fourth-order valence-electron chi connectivity index (χ4n) is 0.653. The van der Waals surface area contributed by atoms with E-state index in [4.69, 9.17) is 20.9 Å². The Labute approximate surface area is 108 Å². The van der Waals surface area contributed by atoms with Crippen molar-refractivity contribution in [2.24, 2.45) is 5.73 Å². The molecule has 0 heterocycles. The van der Waals surface area contributed by atoms with Gasteiger partial charge in [-0.2, -0.15) is 0 Å². The van der Waals surface area contributed by atoms with Crippen molar-refractivity contribution in [3.63, 3.8) is 0 Å². The Kier molecular flexibility index (Phi) is 9.71. The van der Waals surface area contributed by atoms with Crippen LogP contribution in [0.15, 0.2) is 0 Å². The van der Waals surface area contributed by atoms with Gasteiger partial charge in [-0.3, -0.25) is 9.97 Å². The van der Waals surface area contributed by atoms with E-state index in [2.05, 4.69) is 0 Å². The van der Waals surface area contributed by atoms with Gasteiger partial charge in [-0.25, -0.2) is 0 Å². The molecule has 0 saturated carbocycles. The molecule has 0 fully saturated rings. The average molecular weight is 251 g/mol. The molecule has 1 atom stereocenters. The van der Waals surface area contributed by atoms with Crippen molar-refractivity contribution in [2.45, 2.75) is 5.78 Å².